The molecule has 2 aliphatic rings. The third kappa shape index (κ3) is 2.25. The number of hydrogen-bond donors (Lipinski definition) is 1. The van der Waals surface area contributed by atoms with Crippen molar-refractivity contribution >= 4 is 22.9 Å². The molecule has 3 rings (SSSR count). The lowest BCUT2D eigenvalue weighted by Gasteiger charge is -2.24. The number of aromatic nitrogens is 1. The van der Waals surface area contributed by atoms with E-state index in [9.17, 15) is 0 Å². The van der Waals surface area contributed by atoms with Crippen LogP contribution in [0.15, 0.2) is 6.20 Å². The van der Waals surface area contributed by atoms with E-state index in [2.05, 4.69) is 15.2 Å². The van der Waals surface area contributed by atoms with Gasteiger partial charge in [0.2, 0.25) is 0 Å². The second kappa shape index (κ2) is 4.61. The molecule has 1 aromatic rings. The van der Waals surface area contributed by atoms with Crippen LogP contribution in [0.3, 0.4) is 0 Å². The number of piperidine rings is 1. The van der Waals surface area contributed by atoms with Gasteiger partial charge in [0.05, 0.1) is 12.7 Å². The maximum atomic E-state index is 5.89. The highest BCUT2D eigenvalue weighted by Gasteiger charge is 2.34. The molecule has 0 amide bonds. The van der Waals surface area contributed by atoms with Crippen LogP contribution in [-0.2, 0) is 6.54 Å². The standard InChI is InChI=1S/C11H16ClN3S/c12-10-4-14-11(16-10)7-15-5-8-2-1-3-13-9(8)6-15/h4,8-9,13H,1-3,5-7H2. The summed E-state index contributed by atoms with van der Waals surface area (Å²) in [4.78, 5) is 6.82. The van der Waals surface area contributed by atoms with Gasteiger partial charge in [0.25, 0.3) is 0 Å². The topological polar surface area (TPSA) is 28.2 Å². The molecular weight excluding hydrogens is 242 g/mol. The Bertz CT molecular complexity index is 354. The predicted molar refractivity (Wildman–Crippen MR) is 66.9 cm³/mol. The van der Waals surface area contributed by atoms with Gasteiger partial charge in [-0.25, -0.2) is 4.98 Å². The number of thiazole rings is 1. The van der Waals surface area contributed by atoms with Crippen LogP contribution < -0.4 is 5.32 Å². The number of hydrogen-bond acceptors (Lipinski definition) is 4. The Morgan fingerprint density at radius 3 is 3.25 bits per heavy atom. The summed E-state index contributed by atoms with van der Waals surface area (Å²) < 4.78 is 0.796. The molecule has 3 heterocycles. The lowest BCUT2D eigenvalue weighted by molar-refractivity contribution is 0.312. The predicted octanol–water partition coefficient (Wildman–Crippen LogP) is 1.98. The zero-order valence-electron chi connectivity index (χ0n) is 9.16. The molecule has 2 aliphatic heterocycles. The molecular formula is C11H16ClN3S. The van der Waals surface area contributed by atoms with Gasteiger partial charge < -0.3 is 5.32 Å². The molecule has 0 aromatic carbocycles. The third-order valence-corrected chi connectivity index (χ3v) is 4.66. The van der Waals surface area contributed by atoms with Crippen molar-refractivity contribution in [2.45, 2.75) is 25.4 Å². The first-order valence-corrected chi connectivity index (χ1v) is 7.06. The van der Waals surface area contributed by atoms with Crippen molar-refractivity contribution in [3.8, 4) is 0 Å². The Kier molecular flexibility index (Phi) is 3.16. The molecule has 0 aliphatic carbocycles. The fourth-order valence-corrected chi connectivity index (χ4v) is 3.82. The monoisotopic (exact) mass is 257 g/mol. The molecule has 1 N–H and O–H groups in total. The average Bonchev–Trinajstić information content (AvgIpc) is 2.84. The van der Waals surface area contributed by atoms with Gasteiger partial charge >= 0.3 is 0 Å². The molecule has 2 atom stereocenters. The SMILES string of the molecule is Clc1cnc(CN2CC3CCCNC3C2)s1. The van der Waals surface area contributed by atoms with Gasteiger partial charge in [-0.1, -0.05) is 11.6 Å². The van der Waals surface area contributed by atoms with Gasteiger partial charge in [-0.05, 0) is 25.3 Å². The maximum Gasteiger partial charge on any atom is 0.113 e. The zero-order valence-corrected chi connectivity index (χ0v) is 10.7. The number of halogens is 1. The fourth-order valence-electron chi connectivity index (χ4n) is 2.82. The van der Waals surface area contributed by atoms with E-state index in [1.807, 2.05) is 0 Å². The first-order chi connectivity index (χ1) is 7.81. The van der Waals surface area contributed by atoms with Crippen LogP contribution in [0.2, 0.25) is 4.34 Å². The summed E-state index contributed by atoms with van der Waals surface area (Å²) in [6, 6.07) is 0.712. The largest absolute Gasteiger partial charge is 0.312 e. The molecule has 16 heavy (non-hydrogen) atoms. The third-order valence-electron chi connectivity index (χ3n) is 3.56. The summed E-state index contributed by atoms with van der Waals surface area (Å²) in [6.07, 6.45) is 4.47. The van der Waals surface area contributed by atoms with Crippen LogP contribution in [0.4, 0.5) is 0 Å². The summed E-state index contributed by atoms with van der Waals surface area (Å²) in [5.74, 6) is 0.851. The van der Waals surface area contributed by atoms with Crippen LogP contribution in [0.5, 0.6) is 0 Å². The fraction of sp³-hybridized carbons (Fsp3) is 0.727. The normalized spacial score (nSPS) is 30.6. The Balaban J connectivity index is 1.61. The van der Waals surface area contributed by atoms with Crippen molar-refractivity contribution in [2.24, 2.45) is 5.92 Å². The summed E-state index contributed by atoms with van der Waals surface area (Å²) in [5, 5.41) is 4.76. The zero-order chi connectivity index (χ0) is 11.0. The lowest BCUT2D eigenvalue weighted by atomic mass is 9.94. The van der Waals surface area contributed by atoms with E-state index in [-0.39, 0.29) is 0 Å². The quantitative estimate of drug-likeness (QED) is 0.878. The number of nitrogens with zero attached hydrogens (tertiary/aromatic N) is 2. The van der Waals surface area contributed by atoms with E-state index in [4.69, 9.17) is 11.6 Å². The summed E-state index contributed by atoms with van der Waals surface area (Å²) >= 11 is 7.49. The van der Waals surface area contributed by atoms with Gasteiger partial charge in [-0.2, -0.15) is 0 Å². The summed E-state index contributed by atoms with van der Waals surface area (Å²) in [5.41, 5.74) is 0. The smallest absolute Gasteiger partial charge is 0.113 e. The van der Waals surface area contributed by atoms with E-state index in [0.29, 0.717) is 6.04 Å². The average molecular weight is 258 g/mol. The van der Waals surface area contributed by atoms with Crippen LogP contribution in [-0.4, -0.2) is 35.6 Å². The van der Waals surface area contributed by atoms with Crippen LogP contribution in [0, 0.1) is 5.92 Å². The molecule has 0 spiro atoms. The van der Waals surface area contributed by atoms with E-state index in [1.165, 1.54) is 32.5 Å². The minimum atomic E-state index is 0.712. The van der Waals surface area contributed by atoms with Crippen LogP contribution in [0.25, 0.3) is 0 Å². The Hall–Kier alpha value is -0.160. The molecule has 5 heteroatoms. The maximum absolute atomic E-state index is 5.89. The molecule has 2 unspecified atom stereocenters. The molecule has 0 radical (unpaired) electrons. The Morgan fingerprint density at radius 1 is 1.56 bits per heavy atom. The van der Waals surface area contributed by atoms with E-state index < -0.39 is 0 Å². The van der Waals surface area contributed by atoms with Gasteiger partial charge in [-0.15, -0.1) is 11.3 Å². The van der Waals surface area contributed by atoms with Crippen molar-refractivity contribution in [2.75, 3.05) is 19.6 Å². The minimum absolute atomic E-state index is 0.712. The summed E-state index contributed by atoms with van der Waals surface area (Å²) in [7, 11) is 0. The second-order valence-electron chi connectivity index (χ2n) is 4.72. The highest BCUT2D eigenvalue weighted by Crippen LogP contribution is 2.27. The van der Waals surface area contributed by atoms with E-state index in [1.54, 1.807) is 17.5 Å². The molecule has 0 saturated carbocycles. The first kappa shape index (κ1) is 11.0. The Morgan fingerprint density at radius 2 is 2.50 bits per heavy atom. The van der Waals surface area contributed by atoms with Crippen molar-refractivity contribution in [1.29, 1.82) is 0 Å². The van der Waals surface area contributed by atoms with Crippen LogP contribution >= 0.6 is 22.9 Å². The molecule has 2 fully saturated rings. The Labute approximate surface area is 105 Å². The van der Waals surface area contributed by atoms with Crippen molar-refractivity contribution < 1.29 is 0 Å². The van der Waals surface area contributed by atoms with Crippen molar-refractivity contribution in [3.05, 3.63) is 15.5 Å². The lowest BCUT2D eigenvalue weighted by Crippen LogP contribution is -2.40. The highest BCUT2D eigenvalue weighted by molar-refractivity contribution is 7.15. The number of rotatable bonds is 2. The molecule has 0 bridgehead atoms. The minimum Gasteiger partial charge on any atom is -0.312 e. The van der Waals surface area contributed by atoms with E-state index in [0.717, 1.165) is 21.8 Å². The molecule has 1 aromatic heterocycles. The van der Waals surface area contributed by atoms with Gasteiger partial charge in [0.15, 0.2) is 0 Å². The summed E-state index contributed by atoms with van der Waals surface area (Å²) in [6.45, 7) is 4.54. The van der Waals surface area contributed by atoms with Gasteiger partial charge in [0.1, 0.15) is 9.34 Å². The van der Waals surface area contributed by atoms with E-state index >= 15 is 0 Å². The van der Waals surface area contributed by atoms with Crippen molar-refractivity contribution in [3.63, 3.8) is 0 Å². The highest BCUT2D eigenvalue weighted by atomic mass is 35.5. The number of nitrogens with one attached hydrogen (secondary N) is 1. The molecule has 2 saturated heterocycles. The number of fused-ring (bicyclic) bond motifs is 1. The van der Waals surface area contributed by atoms with Gasteiger partial charge in [0, 0.05) is 19.1 Å². The molecule has 88 valence electrons. The second-order valence-corrected chi connectivity index (χ2v) is 6.46. The first-order valence-electron chi connectivity index (χ1n) is 5.87. The van der Waals surface area contributed by atoms with Gasteiger partial charge in [-0.3, -0.25) is 4.90 Å². The van der Waals surface area contributed by atoms with Crippen molar-refractivity contribution in [1.82, 2.24) is 15.2 Å². The molecule has 3 nitrogen and oxygen atoms in total. The number of likely N-dealkylation sites (tertiary alicyclic amines) is 1. The van der Waals surface area contributed by atoms with Crippen LogP contribution in [0.1, 0.15) is 17.8 Å².